The second-order valence-corrected chi connectivity index (χ2v) is 5.49. The molecule has 1 aliphatic heterocycles. The maximum atomic E-state index is 11.9. The Bertz CT molecular complexity index is 246. The summed E-state index contributed by atoms with van der Waals surface area (Å²) in [5, 5.41) is 3.18. The van der Waals surface area contributed by atoms with Crippen molar-refractivity contribution in [1.29, 1.82) is 0 Å². The molecular weight excluding hydrogens is 228 g/mol. The smallest absolute Gasteiger partial charge is 0.236 e. The molecule has 0 aromatic heterocycles. The molecule has 0 aromatic rings. The maximum Gasteiger partial charge on any atom is 0.236 e. The molecule has 1 saturated carbocycles. The lowest BCUT2D eigenvalue weighted by atomic mass is 10.2. The summed E-state index contributed by atoms with van der Waals surface area (Å²) in [5.41, 5.74) is 0. The molecule has 1 amide bonds. The van der Waals surface area contributed by atoms with E-state index in [9.17, 15) is 4.79 Å². The van der Waals surface area contributed by atoms with Crippen LogP contribution in [0.1, 0.15) is 38.5 Å². The summed E-state index contributed by atoms with van der Waals surface area (Å²) >= 11 is 0. The number of amides is 1. The quantitative estimate of drug-likeness (QED) is 0.698. The summed E-state index contributed by atoms with van der Waals surface area (Å²) in [4.78, 5) is 13.9. The van der Waals surface area contributed by atoms with Gasteiger partial charge >= 0.3 is 0 Å². The van der Waals surface area contributed by atoms with Gasteiger partial charge in [0.2, 0.25) is 5.91 Å². The largest absolute Gasteiger partial charge is 0.380 e. The summed E-state index contributed by atoms with van der Waals surface area (Å²) in [6, 6.07) is 0. The monoisotopic (exact) mass is 254 g/mol. The van der Waals surface area contributed by atoms with Gasteiger partial charge in [0.1, 0.15) is 0 Å². The van der Waals surface area contributed by atoms with Crippen molar-refractivity contribution in [3.8, 4) is 0 Å². The third-order valence-corrected chi connectivity index (χ3v) is 3.71. The number of likely N-dealkylation sites (tertiary alicyclic amines) is 1. The SMILES string of the molecule is O=C(CNCCOCC1CC1)N1CCCCCC1. The van der Waals surface area contributed by atoms with Crippen molar-refractivity contribution in [2.45, 2.75) is 38.5 Å². The molecule has 18 heavy (non-hydrogen) atoms. The first kappa shape index (κ1) is 13.8. The topological polar surface area (TPSA) is 41.6 Å². The lowest BCUT2D eigenvalue weighted by Gasteiger charge is -2.20. The molecule has 2 aliphatic rings. The number of ether oxygens (including phenoxy) is 1. The third-order valence-electron chi connectivity index (χ3n) is 3.71. The van der Waals surface area contributed by atoms with Gasteiger partial charge in [-0.1, -0.05) is 12.8 Å². The Hall–Kier alpha value is -0.610. The van der Waals surface area contributed by atoms with Crippen LogP contribution in [0.5, 0.6) is 0 Å². The van der Waals surface area contributed by atoms with Gasteiger partial charge < -0.3 is 15.0 Å². The van der Waals surface area contributed by atoms with E-state index in [2.05, 4.69) is 5.32 Å². The van der Waals surface area contributed by atoms with E-state index in [1.165, 1.54) is 25.7 Å². The third kappa shape index (κ3) is 5.36. The number of hydrogen-bond donors (Lipinski definition) is 1. The molecule has 0 spiro atoms. The van der Waals surface area contributed by atoms with Gasteiger partial charge in [0, 0.05) is 26.2 Å². The van der Waals surface area contributed by atoms with Crippen LogP contribution in [0.25, 0.3) is 0 Å². The van der Waals surface area contributed by atoms with E-state index < -0.39 is 0 Å². The molecule has 0 unspecified atom stereocenters. The van der Waals surface area contributed by atoms with E-state index in [1.807, 2.05) is 4.90 Å². The Balaban J connectivity index is 1.47. The van der Waals surface area contributed by atoms with Crippen LogP contribution in [0, 0.1) is 5.92 Å². The van der Waals surface area contributed by atoms with Crippen LogP contribution in [-0.2, 0) is 9.53 Å². The highest BCUT2D eigenvalue weighted by atomic mass is 16.5. The fourth-order valence-corrected chi connectivity index (χ4v) is 2.31. The van der Waals surface area contributed by atoms with Gasteiger partial charge in [-0.3, -0.25) is 4.79 Å². The minimum absolute atomic E-state index is 0.249. The average molecular weight is 254 g/mol. The second-order valence-electron chi connectivity index (χ2n) is 5.49. The first-order chi connectivity index (χ1) is 8.86. The molecule has 1 heterocycles. The molecule has 4 heteroatoms. The number of rotatable bonds is 7. The van der Waals surface area contributed by atoms with Crippen molar-refractivity contribution in [1.82, 2.24) is 10.2 Å². The summed E-state index contributed by atoms with van der Waals surface area (Å²) < 4.78 is 5.52. The van der Waals surface area contributed by atoms with Crippen molar-refractivity contribution in [3.05, 3.63) is 0 Å². The van der Waals surface area contributed by atoms with Crippen LogP contribution < -0.4 is 5.32 Å². The Kier molecular flexibility index (Phi) is 5.94. The first-order valence-electron chi connectivity index (χ1n) is 7.42. The van der Waals surface area contributed by atoms with E-state index in [4.69, 9.17) is 4.74 Å². The van der Waals surface area contributed by atoms with Gasteiger partial charge in [0.05, 0.1) is 13.2 Å². The van der Waals surface area contributed by atoms with Gasteiger partial charge in [0.15, 0.2) is 0 Å². The number of carbonyl (C=O) groups excluding carboxylic acids is 1. The predicted molar refractivity (Wildman–Crippen MR) is 71.5 cm³/mol. The number of hydrogen-bond acceptors (Lipinski definition) is 3. The lowest BCUT2D eigenvalue weighted by molar-refractivity contribution is -0.130. The van der Waals surface area contributed by atoms with Crippen LogP contribution in [0.4, 0.5) is 0 Å². The van der Waals surface area contributed by atoms with Crippen LogP contribution >= 0.6 is 0 Å². The highest BCUT2D eigenvalue weighted by molar-refractivity contribution is 5.78. The fraction of sp³-hybridized carbons (Fsp3) is 0.929. The molecular formula is C14H26N2O2. The molecule has 104 valence electrons. The van der Waals surface area contributed by atoms with Crippen molar-refractivity contribution in [2.75, 3.05) is 39.4 Å². The average Bonchev–Trinajstić information content (AvgIpc) is 3.19. The zero-order chi connectivity index (χ0) is 12.6. The first-order valence-corrected chi connectivity index (χ1v) is 7.42. The molecule has 0 aromatic carbocycles. The molecule has 0 atom stereocenters. The molecule has 1 saturated heterocycles. The van der Waals surface area contributed by atoms with Crippen LogP contribution in [0.3, 0.4) is 0 Å². The standard InChI is InChI=1S/C14H26N2O2/c17-14(16-8-3-1-2-4-9-16)11-15-7-10-18-12-13-5-6-13/h13,15H,1-12H2. The number of nitrogens with one attached hydrogen (secondary N) is 1. The zero-order valence-electron chi connectivity index (χ0n) is 11.3. The Labute approximate surface area is 110 Å². The van der Waals surface area contributed by atoms with Crippen molar-refractivity contribution in [3.63, 3.8) is 0 Å². The van der Waals surface area contributed by atoms with E-state index in [1.54, 1.807) is 0 Å². The summed E-state index contributed by atoms with van der Waals surface area (Å²) in [6.07, 6.45) is 7.53. The zero-order valence-corrected chi connectivity index (χ0v) is 11.3. The van der Waals surface area contributed by atoms with E-state index >= 15 is 0 Å². The lowest BCUT2D eigenvalue weighted by Crippen LogP contribution is -2.39. The van der Waals surface area contributed by atoms with Gasteiger partial charge in [-0.15, -0.1) is 0 Å². The summed E-state index contributed by atoms with van der Waals surface area (Å²) in [6.45, 7) is 4.77. The molecule has 0 bridgehead atoms. The molecule has 2 fully saturated rings. The minimum atomic E-state index is 0.249. The highest BCUT2D eigenvalue weighted by Gasteiger charge is 2.20. The molecule has 2 rings (SSSR count). The van der Waals surface area contributed by atoms with Gasteiger partial charge in [-0.2, -0.15) is 0 Å². The van der Waals surface area contributed by atoms with E-state index in [0.717, 1.165) is 51.6 Å². The highest BCUT2D eigenvalue weighted by Crippen LogP contribution is 2.28. The van der Waals surface area contributed by atoms with Crippen LogP contribution in [0.15, 0.2) is 0 Å². The van der Waals surface area contributed by atoms with E-state index in [0.29, 0.717) is 6.54 Å². The molecule has 1 aliphatic carbocycles. The van der Waals surface area contributed by atoms with Crippen LogP contribution in [0.2, 0.25) is 0 Å². The summed E-state index contributed by atoms with van der Waals surface area (Å²) in [7, 11) is 0. The van der Waals surface area contributed by atoms with Gasteiger partial charge in [-0.25, -0.2) is 0 Å². The number of nitrogens with zero attached hydrogens (tertiary/aromatic N) is 1. The Morgan fingerprint density at radius 3 is 2.56 bits per heavy atom. The second kappa shape index (κ2) is 7.74. The normalized spacial score (nSPS) is 20.8. The predicted octanol–water partition coefficient (Wildman–Crippen LogP) is 1.41. The van der Waals surface area contributed by atoms with Crippen molar-refractivity contribution in [2.24, 2.45) is 5.92 Å². The van der Waals surface area contributed by atoms with Gasteiger partial charge in [0.25, 0.3) is 0 Å². The molecule has 4 nitrogen and oxygen atoms in total. The fourth-order valence-electron chi connectivity index (χ4n) is 2.31. The summed E-state index contributed by atoms with van der Waals surface area (Å²) in [5.74, 6) is 1.07. The maximum absolute atomic E-state index is 11.9. The Morgan fingerprint density at radius 1 is 1.17 bits per heavy atom. The number of carbonyl (C=O) groups is 1. The van der Waals surface area contributed by atoms with E-state index in [-0.39, 0.29) is 5.91 Å². The minimum Gasteiger partial charge on any atom is -0.380 e. The van der Waals surface area contributed by atoms with Crippen molar-refractivity contribution >= 4 is 5.91 Å². The van der Waals surface area contributed by atoms with Crippen LogP contribution in [-0.4, -0.2) is 50.2 Å². The van der Waals surface area contributed by atoms with Gasteiger partial charge in [-0.05, 0) is 31.6 Å². The molecule has 1 N–H and O–H groups in total. The van der Waals surface area contributed by atoms with Crippen molar-refractivity contribution < 1.29 is 9.53 Å². The Morgan fingerprint density at radius 2 is 1.89 bits per heavy atom. The molecule has 0 radical (unpaired) electrons.